The van der Waals surface area contributed by atoms with Gasteiger partial charge in [-0.3, -0.25) is 9.59 Å². The van der Waals surface area contributed by atoms with Crippen molar-refractivity contribution in [3.05, 3.63) is 77.3 Å². The van der Waals surface area contributed by atoms with Crippen LogP contribution in [-0.2, 0) is 20.7 Å². The summed E-state index contributed by atoms with van der Waals surface area (Å²) in [5, 5.41) is 10.4. The minimum Gasteiger partial charge on any atom is -0.457 e. The smallest absolute Gasteiger partial charge is 0.307 e. The predicted molar refractivity (Wildman–Crippen MR) is 123 cm³/mol. The number of carbonyl (C=O) groups is 2. The van der Waals surface area contributed by atoms with Crippen LogP contribution in [0.2, 0.25) is 0 Å². The van der Waals surface area contributed by atoms with E-state index in [9.17, 15) is 9.59 Å². The van der Waals surface area contributed by atoms with Crippen molar-refractivity contribution in [3.8, 4) is 22.9 Å². The van der Waals surface area contributed by atoms with Gasteiger partial charge in [-0.05, 0) is 54.8 Å². The van der Waals surface area contributed by atoms with Gasteiger partial charge < -0.3 is 19.3 Å². The third kappa shape index (κ3) is 6.27. The molecule has 2 aromatic heterocycles. The highest BCUT2D eigenvalue weighted by molar-refractivity contribution is 7.08. The molecule has 168 valence electrons. The lowest BCUT2D eigenvalue weighted by Crippen LogP contribution is -2.30. The van der Waals surface area contributed by atoms with Gasteiger partial charge in [-0.15, -0.1) is 0 Å². The van der Waals surface area contributed by atoms with Gasteiger partial charge in [0.1, 0.15) is 11.5 Å². The van der Waals surface area contributed by atoms with Gasteiger partial charge in [0.2, 0.25) is 11.7 Å². The van der Waals surface area contributed by atoms with Crippen molar-refractivity contribution in [2.24, 2.45) is 0 Å². The third-order valence-corrected chi connectivity index (χ3v) is 5.25. The van der Waals surface area contributed by atoms with Gasteiger partial charge in [0.15, 0.2) is 6.10 Å². The van der Waals surface area contributed by atoms with E-state index in [1.807, 2.05) is 47.2 Å². The van der Waals surface area contributed by atoms with Gasteiger partial charge >= 0.3 is 5.97 Å². The Bertz CT molecular complexity index is 1190. The molecule has 1 amide bonds. The van der Waals surface area contributed by atoms with Gasteiger partial charge in [-0.1, -0.05) is 23.4 Å². The molecule has 0 aliphatic carbocycles. The summed E-state index contributed by atoms with van der Waals surface area (Å²) in [6.45, 7) is 1.52. The van der Waals surface area contributed by atoms with Gasteiger partial charge in [0, 0.05) is 23.1 Å². The molecule has 0 fully saturated rings. The minimum atomic E-state index is -0.957. The summed E-state index contributed by atoms with van der Waals surface area (Å²) < 4.78 is 16.1. The number of esters is 1. The number of hydrogen-bond acceptors (Lipinski definition) is 8. The van der Waals surface area contributed by atoms with Crippen molar-refractivity contribution < 1.29 is 23.6 Å². The number of para-hydroxylation sites is 1. The molecule has 0 aliphatic heterocycles. The highest BCUT2D eigenvalue weighted by atomic mass is 32.1. The molecule has 0 aliphatic rings. The summed E-state index contributed by atoms with van der Waals surface area (Å²) in [7, 11) is 0. The minimum absolute atomic E-state index is 0.0222. The normalized spacial score (nSPS) is 11.5. The summed E-state index contributed by atoms with van der Waals surface area (Å²) >= 11 is 1.53. The van der Waals surface area contributed by atoms with Crippen molar-refractivity contribution in [2.75, 3.05) is 5.32 Å². The van der Waals surface area contributed by atoms with Gasteiger partial charge in [-0.25, -0.2) is 0 Å². The van der Waals surface area contributed by atoms with E-state index in [1.54, 1.807) is 24.3 Å². The van der Waals surface area contributed by atoms with Crippen LogP contribution in [-0.4, -0.2) is 28.1 Å². The molecule has 0 spiro atoms. The Labute approximate surface area is 194 Å². The van der Waals surface area contributed by atoms with Crippen LogP contribution in [0.1, 0.15) is 19.2 Å². The number of carbonyl (C=O) groups excluding carboxylic acids is 2. The Morgan fingerprint density at radius 2 is 1.82 bits per heavy atom. The number of ether oxygens (including phenoxy) is 2. The molecule has 0 radical (unpaired) electrons. The van der Waals surface area contributed by atoms with Crippen LogP contribution in [0, 0.1) is 0 Å². The zero-order valence-corrected chi connectivity index (χ0v) is 18.6. The van der Waals surface area contributed by atoms with Crippen molar-refractivity contribution in [2.45, 2.75) is 25.9 Å². The number of anilines is 1. The van der Waals surface area contributed by atoms with Crippen LogP contribution in [0.25, 0.3) is 11.4 Å². The summed E-state index contributed by atoms with van der Waals surface area (Å²) in [5.41, 5.74) is 1.43. The standard InChI is InChI=1S/C24H21N3O5S/c1-16(30-22(28)12-11-21-26-23(27-32-21)17-13-14-33-15-17)24(29)25-18-7-9-20(10-8-18)31-19-5-3-2-4-6-19/h2-10,13-16H,11-12H2,1H3,(H,25,29). The lowest BCUT2D eigenvalue weighted by molar-refractivity contribution is -0.153. The van der Waals surface area contributed by atoms with Crippen molar-refractivity contribution in [1.82, 2.24) is 10.1 Å². The number of aryl methyl sites for hydroxylation is 1. The Kier molecular flexibility index (Phi) is 7.11. The molecule has 1 N–H and O–H groups in total. The average molecular weight is 464 g/mol. The maximum absolute atomic E-state index is 12.4. The number of amides is 1. The Morgan fingerprint density at radius 1 is 1.06 bits per heavy atom. The summed E-state index contributed by atoms with van der Waals surface area (Å²) in [6.07, 6.45) is -0.705. The van der Waals surface area contributed by atoms with E-state index in [-0.39, 0.29) is 12.8 Å². The average Bonchev–Trinajstić information content (AvgIpc) is 3.52. The first-order chi connectivity index (χ1) is 16.1. The van der Waals surface area contributed by atoms with E-state index in [0.29, 0.717) is 23.2 Å². The van der Waals surface area contributed by atoms with Gasteiger partial charge in [0.05, 0.1) is 6.42 Å². The SMILES string of the molecule is CC(OC(=O)CCc1nc(-c2ccsc2)no1)C(=O)Nc1ccc(Oc2ccccc2)cc1. The Balaban J connectivity index is 1.22. The van der Waals surface area contributed by atoms with Crippen LogP contribution in [0.3, 0.4) is 0 Å². The molecule has 1 unspecified atom stereocenters. The Hall–Kier alpha value is -3.98. The molecular weight excluding hydrogens is 442 g/mol. The number of nitrogens with zero attached hydrogens (tertiary/aromatic N) is 2. The first kappa shape index (κ1) is 22.2. The molecule has 33 heavy (non-hydrogen) atoms. The number of nitrogens with one attached hydrogen (secondary N) is 1. The first-order valence-corrected chi connectivity index (χ1v) is 11.2. The van der Waals surface area contributed by atoms with Crippen LogP contribution in [0.4, 0.5) is 5.69 Å². The number of thiophene rings is 1. The molecule has 4 aromatic rings. The zero-order chi connectivity index (χ0) is 23.0. The molecule has 0 saturated carbocycles. The van der Waals surface area contributed by atoms with Crippen LogP contribution in [0.15, 0.2) is 75.9 Å². The van der Waals surface area contributed by atoms with Gasteiger partial charge in [0.25, 0.3) is 5.91 Å². The topological polar surface area (TPSA) is 104 Å². The fourth-order valence-corrected chi connectivity index (χ4v) is 3.49. The maximum Gasteiger partial charge on any atom is 0.307 e. The van der Waals surface area contributed by atoms with Crippen molar-refractivity contribution in [1.29, 1.82) is 0 Å². The van der Waals surface area contributed by atoms with E-state index in [0.717, 1.165) is 11.3 Å². The lowest BCUT2D eigenvalue weighted by Gasteiger charge is -2.13. The fourth-order valence-electron chi connectivity index (χ4n) is 2.86. The zero-order valence-electron chi connectivity index (χ0n) is 17.8. The summed E-state index contributed by atoms with van der Waals surface area (Å²) in [6, 6.07) is 18.2. The van der Waals surface area contributed by atoms with Crippen molar-refractivity contribution >= 4 is 28.9 Å². The fraction of sp³-hybridized carbons (Fsp3) is 0.167. The summed E-state index contributed by atoms with van der Waals surface area (Å²) in [5.74, 6) is 1.22. The lowest BCUT2D eigenvalue weighted by atomic mass is 10.2. The van der Waals surface area contributed by atoms with E-state index in [2.05, 4.69) is 15.5 Å². The van der Waals surface area contributed by atoms with Crippen LogP contribution < -0.4 is 10.1 Å². The maximum atomic E-state index is 12.4. The van der Waals surface area contributed by atoms with E-state index in [4.69, 9.17) is 14.0 Å². The molecule has 2 heterocycles. The monoisotopic (exact) mass is 463 g/mol. The molecule has 1 atom stereocenters. The first-order valence-electron chi connectivity index (χ1n) is 10.3. The molecule has 9 heteroatoms. The number of aromatic nitrogens is 2. The van der Waals surface area contributed by atoms with Crippen LogP contribution >= 0.6 is 11.3 Å². The molecule has 8 nitrogen and oxygen atoms in total. The second kappa shape index (κ2) is 10.6. The van der Waals surface area contributed by atoms with E-state index < -0.39 is 18.0 Å². The quantitative estimate of drug-likeness (QED) is 0.345. The second-order valence-corrected chi connectivity index (χ2v) is 7.86. The molecule has 0 saturated heterocycles. The van der Waals surface area contributed by atoms with E-state index in [1.165, 1.54) is 18.3 Å². The number of hydrogen-bond donors (Lipinski definition) is 1. The number of rotatable bonds is 9. The van der Waals surface area contributed by atoms with Crippen LogP contribution in [0.5, 0.6) is 11.5 Å². The van der Waals surface area contributed by atoms with E-state index >= 15 is 0 Å². The molecule has 4 rings (SSSR count). The van der Waals surface area contributed by atoms with Gasteiger partial charge in [-0.2, -0.15) is 16.3 Å². The highest BCUT2D eigenvalue weighted by Gasteiger charge is 2.19. The Morgan fingerprint density at radius 3 is 2.55 bits per heavy atom. The highest BCUT2D eigenvalue weighted by Crippen LogP contribution is 2.23. The molecule has 0 bridgehead atoms. The summed E-state index contributed by atoms with van der Waals surface area (Å²) in [4.78, 5) is 28.8. The largest absolute Gasteiger partial charge is 0.457 e. The van der Waals surface area contributed by atoms with Crippen molar-refractivity contribution in [3.63, 3.8) is 0 Å². The number of benzene rings is 2. The second-order valence-electron chi connectivity index (χ2n) is 7.08. The molecule has 2 aromatic carbocycles. The molecular formula is C24H21N3O5S. The predicted octanol–water partition coefficient (Wildman–Crippen LogP) is 5.09. The third-order valence-electron chi connectivity index (χ3n) is 4.57.